The van der Waals surface area contributed by atoms with Crippen LogP contribution in [0.4, 0.5) is 5.69 Å². The summed E-state index contributed by atoms with van der Waals surface area (Å²) in [6, 6.07) is 10.2. The maximum absolute atomic E-state index is 4.40. The number of thiol groups is 1. The quantitative estimate of drug-likeness (QED) is 0.681. The van der Waals surface area contributed by atoms with Gasteiger partial charge in [0.2, 0.25) is 0 Å². The summed E-state index contributed by atoms with van der Waals surface area (Å²) < 4.78 is 0. The zero-order chi connectivity index (χ0) is 8.81. The van der Waals surface area contributed by atoms with Crippen molar-refractivity contribution in [3.63, 3.8) is 0 Å². The minimum Gasteiger partial charge on any atom is -0.384 e. The van der Waals surface area contributed by atoms with E-state index in [0.717, 1.165) is 13.0 Å². The number of hydrogen-bond acceptors (Lipinski definition) is 2. The van der Waals surface area contributed by atoms with E-state index < -0.39 is 0 Å². The van der Waals surface area contributed by atoms with Crippen molar-refractivity contribution in [3.8, 4) is 0 Å². The Hall–Kier alpha value is -0.630. The second kappa shape index (κ2) is 5.09. The summed E-state index contributed by atoms with van der Waals surface area (Å²) in [6.45, 7) is 3.08. The lowest BCUT2D eigenvalue weighted by molar-refractivity contribution is 0.861. The summed E-state index contributed by atoms with van der Waals surface area (Å²) in [5.41, 5.74) is 1.17. The molecule has 0 bridgehead atoms. The summed E-state index contributed by atoms with van der Waals surface area (Å²) in [4.78, 5) is 0. The summed E-state index contributed by atoms with van der Waals surface area (Å²) in [6.07, 6.45) is 1.10. The molecule has 0 radical (unpaired) electrons. The molecule has 0 amide bonds. The van der Waals surface area contributed by atoms with Crippen LogP contribution in [0.2, 0.25) is 0 Å². The number of rotatable bonds is 4. The molecule has 0 saturated heterocycles. The minimum absolute atomic E-state index is 0.449. The van der Waals surface area contributed by atoms with Crippen LogP contribution in [0.3, 0.4) is 0 Å². The fourth-order valence-electron chi connectivity index (χ4n) is 0.936. The molecule has 66 valence electrons. The van der Waals surface area contributed by atoms with Crippen molar-refractivity contribution in [2.75, 3.05) is 11.9 Å². The first-order chi connectivity index (χ1) is 5.83. The molecule has 1 N–H and O–H groups in total. The molecule has 1 aromatic carbocycles. The Morgan fingerprint density at radius 2 is 2.00 bits per heavy atom. The van der Waals surface area contributed by atoms with Gasteiger partial charge in [0.25, 0.3) is 0 Å². The smallest absolute Gasteiger partial charge is 0.0340 e. The molecule has 0 heterocycles. The molecular formula is C10H15NS. The Kier molecular flexibility index (Phi) is 4.01. The summed E-state index contributed by atoms with van der Waals surface area (Å²) in [5, 5.41) is 3.77. The minimum atomic E-state index is 0.449. The summed E-state index contributed by atoms with van der Waals surface area (Å²) >= 11 is 4.40. The second-order valence-electron chi connectivity index (χ2n) is 2.81. The molecule has 12 heavy (non-hydrogen) atoms. The molecule has 1 rings (SSSR count). The van der Waals surface area contributed by atoms with Gasteiger partial charge in [0.15, 0.2) is 0 Å². The van der Waals surface area contributed by atoms with Crippen LogP contribution in [0.1, 0.15) is 13.3 Å². The van der Waals surface area contributed by atoms with Gasteiger partial charge >= 0.3 is 0 Å². The first kappa shape index (κ1) is 9.46. The highest BCUT2D eigenvalue weighted by Gasteiger charge is 1.97. The SMILES string of the molecule is CCC(S)CNc1ccccc1. The van der Waals surface area contributed by atoms with E-state index in [2.05, 4.69) is 37.0 Å². The predicted octanol–water partition coefficient (Wildman–Crippen LogP) is 2.81. The average molecular weight is 181 g/mol. The van der Waals surface area contributed by atoms with E-state index >= 15 is 0 Å². The van der Waals surface area contributed by atoms with E-state index in [0.29, 0.717) is 5.25 Å². The molecule has 1 nitrogen and oxygen atoms in total. The Morgan fingerprint density at radius 3 is 2.58 bits per heavy atom. The van der Waals surface area contributed by atoms with Gasteiger partial charge in [0, 0.05) is 17.5 Å². The molecule has 0 saturated carbocycles. The van der Waals surface area contributed by atoms with Crippen LogP contribution in [0, 0.1) is 0 Å². The van der Waals surface area contributed by atoms with Crippen LogP contribution >= 0.6 is 12.6 Å². The standard InChI is InChI=1S/C10H15NS/c1-2-10(12)8-11-9-6-4-3-5-7-9/h3-7,10-12H,2,8H2,1H3. The van der Waals surface area contributed by atoms with Gasteiger partial charge in [-0.15, -0.1) is 0 Å². The van der Waals surface area contributed by atoms with E-state index in [1.807, 2.05) is 18.2 Å². The number of nitrogens with one attached hydrogen (secondary N) is 1. The van der Waals surface area contributed by atoms with Crippen molar-refractivity contribution in [2.45, 2.75) is 18.6 Å². The van der Waals surface area contributed by atoms with Crippen molar-refractivity contribution in [1.29, 1.82) is 0 Å². The Balaban J connectivity index is 2.33. The number of hydrogen-bond donors (Lipinski definition) is 2. The molecular weight excluding hydrogens is 166 g/mol. The van der Waals surface area contributed by atoms with Crippen LogP contribution in [0.25, 0.3) is 0 Å². The fraction of sp³-hybridized carbons (Fsp3) is 0.400. The van der Waals surface area contributed by atoms with Gasteiger partial charge in [-0.05, 0) is 18.6 Å². The largest absolute Gasteiger partial charge is 0.384 e. The van der Waals surface area contributed by atoms with Gasteiger partial charge in [-0.3, -0.25) is 0 Å². The highest BCUT2D eigenvalue weighted by molar-refractivity contribution is 7.81. The van der Waals surface area contributed by atoms with Gasteiger partial charge in [-0.1, -0.05) is 25.1 Å². The van der Waals surface area contributed by atoms with Gasteiger partial charge in [0.1, 0.15) is 0 Å². The lowest BCUT2D eigenvalue weighted by atomic mass is 10.3. The number of para-hydroxylation sites is 1. The zero-order valence-corrected chi connectivity index (χ0v) is 8.22. The molecule has 1 aromatic rings. The Labute approximate surface area is 79.6 Å². The third kappa shape index (κ3) is 3.18. The fourth-order valence-corrected chi connectivity index (χ4v) is 1.03. The normalized spacial score (nSPS) is 12.5. The Morgan fingerprint density at radius 1 is 1.33 bits per heavy atom. The monoisotopic (exact) mass is 181 g/mol. The van der Waals surface area contributed by atoms with Gasteiger partial charge < -0.3 is 5.32 Å². The van der Waals surface area contributed by atoms with Crippen molar-refractivity contribution < 1.29 is 0 Å². The molecule has 0 aliphatic rings. The first-order valence-corrected chi connectivity index (χ1v) is 4.81. The summed E-state index contributed by atoms with van der Waals surface area (Å²) in [5.74, 6) is 0. The summed E-state index contributed by atoms with van der Waals surface area (Å²) in [7, 11) is 0. The first-order valence-electron chi connectivity index (χ1n) is 4.30. The molecule has 1 unspecified atom stereocenters. The molecule has 0 aromatic heterocycles. The molecule has 0 aliphatic heterocycles. The van der Waals surface area contributed by atoms with Crippen molar-refractivity contribution in [3.05, 3.63) is 30.3 Å². The van der Waals surface area contributed by atoms with E-state index in [9.17, 15) is 0 Å². The van der Waals surface area contributed by atoms with E-state index in [-0.39, 0.29) is 0 Å². The molecule has 2 heteroatoms. The van der Waals surface area contributed by atoms with Crippen molar-refractivity contribution >= 4 is 18.3 Å². The van der Waals surface area contributed by atoms with E-state index in [4.69, 9.17) is 0 Å². The van der Waals surface area contributed by atoms with Crippen molar-refractivity contribution in [2.24, 2.45) is 0 Å². The second-order valence-corrected chi connectivity index (χ2v) is 3.54. The van der Waals surface area contributed by atoms with E-state index in [1.54, 1.807) is 0 Å². The molecule has 1 atom stereocenters. The van der Waals surface area contributed by atoms with Crippen LogP contribution < -0.4 is 5.32 Å². The third-order valence-electron chi connectivity index (χ3n) is 1.79. The topological polar surface area (TPSA) is 12.0 Å². The van der Waals surface area contributed by atoms with Gasteiger partial charge in [-0.2, -0.15) is 12.6 Å². The van der Waals surface area contributed by atoms with Crippen LogP contribution in [-0.4, -0.2) is 11.8 Å². The maximum atomic E-state index is 4.40. The predicted molar refractivity (Wildman–Crippen MR) is 58.0 cm³/mol. The van der Waals surface area contributed by atoms with Crippen LogP contribution in [-0.2, 0) is 0 Å². The third-order valence-corrected chi connectivity index (χ3v) is 2.33. The van der Waals surface area contributed by atoms with Crippen LogP contribution in [0.15, 0.2) is 30.3 Å². The van der Waals surface area contributed by atoms with Gasteiger partial charge in [0.05, 0.1) is 0 Å². The highest BCUT2D eigenvalue weighted by atomic mass is 32.1. The molecule has 0 spiro atoms. The number of anilines is 1. The zero-order valence-electron chi connectivity index (χ0n) is 7.33. The highest BCUT2D eigenvalue weighted by Crippen LogP contribution is 2.07. The van der Waals surface area contributed by atoms with Gasteiger partial charge in [-0.25, -0.2) is 0 Å². The lowest BCUT2D eigenvalue weighted by Gasteiger charge is -2.09. The maximum Gasteiger partial charge on any atom is 0.0340 e. The average Bonchev–Trinajstić information content (AvgIpc) is 2.16. The molecule has 0 fully saturated rings. The number of benzene rings is 1. The Bertz CT molecular complexity index is 210. The lowest BCUT2D eigenvalue weighted by Crippen LogP contribution is -2.12. The molecule has 0 aliphatic carbocycles. The van der Waals surface area contributed by atoms with Crippen LogP contribution in [0.5, 0.6) is 0 Å². The van der Waals surface area contributed by atoms with E-state index in [1.165, 1.54) is 5.69 Å². The van der Waals surface area contributed by atoms with Crippen molar-refractivity contribution in [1.82, 2.24) is 0 Å².